The molecule has 1 aliphatic heterocycles. The molecule has 1 fully saturated rings. The summed E-state index contributed by atoms with van der Waals surface area (Å²) in [4.78, 5) is 0. The van der Waals surface area contributed by atoms with Crippen molar-refractivity contribution in [1.82, 2.24) is 0 Å². The SMILES string of the molecule is OC1(c2occc2Br)COCCOC1. The van der Waals surface area contributed by atoms with Gasteiger partial charge in [-0.15, -0.1) is 0 Å². The molecule has 2 heterocycles. The second-order valence-corrected chi connectivity index (χ2v) is 4.09. The van der Waals surface area contributed by atoms with Crippen molar-refractivity contribution < 1.29 is 19.0 Å². The van der Waals surface area contributed by atoms with Crippen LogP contribution in [0, 0.1) is 0 Å². The fourth-order valence-electron chi connectivity index (χ4n) is 1.40. The molecule has 0 bridgehead atoms. The van der Waals surface area contributed by atoms with Gasteiger partial charge < -0.3 is 19.0 Å². The molecular formula is C9H11BrO4. The van der Waals surface area contributed by atoms with Gasteiger partial charge in [-0.2, -0.15) is 0 Å². The average molecular weight is 263 g/mol. The molecule has 4 nitrogen and oxygen atoms in total. The van der Waals surface area contributed by atoms with Crippen LogP contribution in [0.15, 0.2) is 21.2 Å². The second-order valence-electron chi connectivity index (χ2n) is 3.23. The van der Waals surface area contributed by atoms with E-state index in [1.54, 1.807) is 6.07 Å². The van der Waals surface area contributed by atoms with Crippen molar-refractivity contribution in [2.24, 2.45) is 0 Å². The fraction of sp³-hybridized carbons (Fsp3) is 0.556. The summed E-state index contributed by atoms with van der Waals surface area (Å²) in [7, 11) is 0. The van der Waals surface area contributed by atoms with Crippen molar-refractivity contribution in [3.05, 3.63) is 22.6 Å². The van der Waals surface area contributed by atoms with Crippen LogP contribution in [-0.4, -0.2) is 31.5 Å². The molecule has 5 heteroatoms. The largest absolute Gasteiger partial charge is 0.465 e. The van der Waals surface area contributed by atoms with Gasteiger partial charge >= 0.3 is 0 Å². The number of furan rings is 1. The Morgan fingerprint density at radius 3 is 2.43 bits per heavy atom. The van der Waals surface area contributed by atoms with Crippen LogP contribution in [-0.2, 0) is 15.1 Å². The fourth-order valence-corrected chi connectivity index (χ4v) is 1.97. The van der Waals surface area contributed by atoms with Gasteiger partial charge in [-0.25, -0.2) is 0 Å². The minimum atomic E-state index is -1.18. The quantitative estimate of drug-likeness (QED) is 0.829. The van der Waals surface area contributed by atoms with Crippen molar-refractivity contribution in [2.45, 2.75) is 5.60 Å². The summed E-state index contributed by atoms with van der Waals surface area (Å²) >= 11 is 3.30. The van der Waals surface area contributed by atoms with Gasteiger partial charge in [0.25, 0.3) is 0 Å². The van der Waals surface area contributed by atoms with E-state index in [1.165, 1.54) is 6.26 Å². The topological polar surface area (TPSA) is 51.8 Å². The van der Waals surface area contributed by atoms with E-state index in [0.717, 1.165) is 4.47 Å². The Morgan fingerprint density at radius 1 is 1.29 bits per heavy atom. The third-order valence-corrected chi connectivity index (χ3v) is 2.72. The van der Waals surface area contributed by atoms with Crippen LogP contribution in [0.1, 0.15) is 5.76 Å². The Kier molecular flexibility index (Phi) is 2.92. The summed E-state index contributed by atoms with van der Waals surface area (Å²) in [6.45, 7) is 1.39. The molecule has 0 atom stereocenters. The van der Waals surface area contributed by atoms with E-state index in [9.17, 15) is 5.11 Å². The van der Waals surface area contributed by atoms with Gasteiger partial charge in [0.05, 0.1) is 37.2 Å². The Hall–Kier alpha value is -0.360. The molecule has 1 saturated heterocycles. The van der Waals surface area contributed by atoms with Crippen LogP contribution in [0.2, 0.25) is 0 Å². The second kappa shape index (κ2) is 4.02. The zero-order valence-electron chi connectivity index (χ0n) is 7.53. The van der Waals surface area contributed by atoms with Gasteiger partial charge in [-0.05, 0) is 22.0 Å². The summed E-state index contributed by atoms with van der Waals surface area (Å²) in [6, 6.07) is 1.73. The van der Waals surface area contributed by atoms with E-state index >= 15 is 0 Å². The highest BCUT2D eigenvalue weighted by Crippen LogP contribution is 2.31. The van der Waals surface area contributed by atoms with Crippen LogP contribution in [0.25, 0.3) is 0 Å². The monoisotopic (exact) mass is 262 g/mol. The zero-order valence-corrected chi connectivity index (χ0v) is 9.12. The lowest BCUT2D eigenvalue weighted by Gasteiger charge is -2.22. The molecule has 78 valence electrons. The minimum Gasteiger partial charge on any atom is -0.465 e. The number of hydrogen-bond donors (Lipinski definition) is 1. The first-order chi connectivity index (χ1) is 6.72. The summed E-state index contributed by atoms with van der Waals surface area (Å²) in [5, 5.41) is 10.2. The van der Waals surface area contributed by atoms with E-state index in [-0.39, 0.29) is 13.2 Å². The molecule has 0 radical (unpaired) electrons. The molecule has 0 saturated carbocycles. The maximum atomic E-state index is 10.2. The highest BCUT2D eigenvalue weighted by atomic mass is 79.9. The predicted molar refractivity (Wildman–Crippen MR) is 51.9 cm³/mol. The van der Waals surface area contributed by atoms with Crippen LogP contribution in [0.4, 0.5) is 0 Å². The van der Waals surface area contributed by atoms with Gasteiger partial charge in [0.2, 0.25) is 0 Å². The van der Waals surface area contributed by atoms with Crippen molar-refractivity contribution >= 4 is 15.9 Å². The first-order valence-corrected chi connectivity index (χ1v) is 5.13. The first-order valence-electron chi connectivity index (χ1n) is 4.34. The van der Waals surface area contributed by atoms with Gasteiger partial charge in [0.1, 0.15) is 0 Å². The predicted octanol–water partition coefficient (Wildman–Crippen LogP) is 1.28. The molecule has 1 aliphatic rings. The van der Waals surface area contributed by atoms with Gasteiger partial charge in [-0.1, -0.05) is 0 Å². The lowest BCUT2D eigenvalue weighted by atomic mass is 10.0. The van der Waals surface area contributed by atoms with Crippen molar-refractivity contribution in [3.8, 4) is 0 Å². The summed E-state index contributed by atoms with van der Waals surface area (Å²) in [5.74, 6) is 0.458. The van der Waals surface area contributed by atoms with Crippen LogP contribution in [0.3, 0.4) is 0 Å². The third-order valence-electron chi connectivity index (χ3n) is 2.09. The lowest BCUT2D eigenvalue weighted by molar-refractivity contribution is -0.0744. The van der Waals surface area contributed by atoms with Gasteiger partial charge in [-0.3, -0.25) is 0 Å². The van der Waals surface area contributed by atoms with E-state index in [1.807, 2.05) is 0 Å². The van der Waals surface area contributed by atoms with Crippen molar-refractivity contribution in [2.75, 3.05) is 26.4 Å². The van der Waals surface area contributed by atoms with Crippen LogP contribution >= 0.6 is 15.9 Å². The summed E-state index contributed by atoms with van der Waals surface area (Å²) in [6.07, 6.45) is 1.52. The molecule has 1 aromatic rings. The number of halogens is 1. The van der Waals surface area contributed by atoms with E-state index in [2.05, 4.69) is 15.9 Å². The third kappa shape index (κ3) is 1.86. The first kappa shape index (κ1) is 10.2. The molecule has 1 aromatic heterocycles. The highest BCUT2D eigenvalue weighted by Gasteiger charge is 2.36. The molecule has 2 rings (SSSR count). The molecular weight excluding hydrogens is 252 g/mol. The zero-order chi connectivity index (χ0) is 10.0. The number of ether oxygens (including phenoxy) is 2. The number of aliphatic hydroxyl groups is 1. The molecule has 0 aliphatic carbocycles. The van der Waals surface area contributed by atoms with E-state index in [4.69, 9.17) is 13.9 Å². The Morgan fingerprint density at radius 2 is 1.93 bits per heavy atom. The minimum absolute atomic E-state index is 0.194. The van der Waals surface area contributed by atoms with Crippen molar-refractivity contribution in [3.63, 3.8) is 0 Å². The van der Waals surface area contributed by atoms with Gasteiger partial charge in [0, 0.05) is 0 Å². The van der Waals surface area contributed by atoms with Crippen molar-refractivity contribution in [1.29, 1.82) is 0 Å². The summed E-state index contributed by atoms with van der Waals surface area (Å²) in [5.41, 5.74) is -1.18. The number of hydrogen-bond acceptors (Lipinski definition) is 4. The Balaban J connectivity index is 2.25. The lowest BCUT2D eigenvalue weighted by Crippen LogP contribution is -2.34. The van der Waals surface area contributed by atoms with E-state index in [0.29, 0.717) is 19.0 Å². The van der Waals surface area contributed by atoms with E-state index < -0.39 is 5.60 Å². The highest BCUT2D eigenvalue weighted by molar-refractivity contribution is 9.10. The van der Waals surface area contributed by atoms with Gasteiger partial charge in [0.15, 0.2) is 11.4 Å². The Labute approximate surface area is 89.9 Å². The Bertz CT molecular complexity index is 302. The standard InChI is InChI=1S/C9H11BrO4/c10-7-1-2-14-8(7)9(11)5-12-3-4-13-6-9/h1-2,11H,3-6H2. The molecule has 1 N–H and O–H groups in total. The maximum Gasteiger partial charge on any atom is 0.170 e. The molecule has 0 unspecified atom stereocenters. The normalized spacial score (nSPS) is 21.9. The van der Waals surface area contributed by atoms with Crippen LogP contribution < -0.4 is 0 Å². The molecule has 0 spiro atoms. The van der Waals surface area contributed by atoms with Crippen LogP contribution in [0.5, 0.6) is 0 Å². The maximum absolute atomic E-state index is 10.2. The smallest absolute Gasteiger partial charge is 0.170 e. The molecule has 14 heavy (non-hydrogen) atoms. The average Bonchev–Trinajstić information content (AvgIpc) is 2.46. The summed E-state index contributed by atoms with van der Waals surface area (Å²) < 4.78 is 16.4. The number of rotatable bonds is 1. The molecule has 0 aromatic carbocycles. The molecule has 0 amide bonds.